The summed E-state index contributed by atoms with van der Waals surface area (Å²) in [5, 5.41) is 10.7. The summed E-state index contributed by atoms with van der Waals surface area (Å²) < 4.78 is 0. The first kappa shape index (κ1) is 15.1. The molecule has 0 spiro atoms. The maximum atomic E-state index is 12.5. The van der Waals surface area contributed by atoms with Crippen molar-refractivity contribution in [2.24, 2.45) is 11.3 Å². The Balaban J connectivity index is 1.75. The van der Waals surface area contributed by atoms with Crippen LogP contribution in [0.5, 0.6) is 0 Å². The minimum atomic E-state index is -0.678. The maximum absolute atomic E-state index is 12.5. The molecule has 0 heterocycles. The van der Waals surface area contributed by atoms with E-state index in [0.29, 0.717) is 18.4 Å². The standard InChI is InChI=1S/C18H15NO4/c20-12-18(10-13-6-8-15(9-7-13)19(22)23)11-16(18)17(21)14-4-2-1-3-5-14/h1-9,12,16H,10-11H2. The number of benzene rings is 2. The summed E-state index contributed by atoms with van der Waals surface area (Å²) in [5.41, 5.74) is 0.779. The normalized spacial score (nSPS) is 22.3. The van der Waals surface area contributed by atoms with E-state index in [4.69, 9.17) is 0 Å². The average Bonchev–Trinajstić information content (AvgIpc) is 3.30. The second-order valence-corrected chi connectivity index (χ2v) is 5.94. The van der Waals surface area contributed by atoms with Crippen molar-refractivity contribution in [3.05, 3.63) is 75.8 Å². The van der Waals surface area contributed by atoms with Crippen LogP contribution in [0.4, 0.5) is 5.69 Å². The van der Waals surface area contributed by atoms with E-state index in [2.05, 4.69) is 0 Å². The van der Waals surface area contributed by atoms with Crippen LogP contribution in [0, 0.1) is 21.4 Å². The van der Waals surface area contributed by atoms with Crippen LogP contribution in [0.2, 0.25) is 0 Å². The zero-order valence-electron chi connectivity index (χ0n) is 12.3. The zero-order valence-corrected chi connectivity index (χ0v) is 12.3. The Kier molecular flexibility index (Phi) is 3.78. The molecule has 1 aliphatic rings. The van der Waals surface area contributed by atoms with Crippen molar-refractivity contribution in [1.82, 2.24) is 0 Å². The van der Waals surface area contributed by atoms with Gasteiger partial charge < -0.3 is 4.79 Å². The van der Waals surface area contributed by atoms with Crippen molar-refractivity contribution in [3.8, 4) is 0 Å². The lowest BCUT2D eigenvalue weighted by Crippen LogP contribution is -2.15. The number of hydrogen-bond acceptors (Lipinski definition) is 4. The van der Waals surface area contributed by atoms with Crippen molar-refractivity contribution in [3.63, 3.8) is 0 Å². The highest BCUT2D eigenvalue weighted by Crippen LogP contribution is 2.54. The molecule has 1 fully saturated rings. The molecule has 2 atom stereocenters. The van der Waals surface area contributed by atoms with Crippen LogP contribution in [0.25, 0.3) is 0 Å². The number of rotatable bonds is 6. The van der Waals surface area contributed by atoms with Gasteiger partial charge in [0.1, 0.15) is 6.29 Å². The number of aldehydes is 1. The zero-order chi connectivity index (χ0) is 16.4. The summed E-state index contributed by atoms with van der Waals surface area (Å²) >= 11 is 0. The molecule has 2 unspecified atom stereocenters. The smallest absolute Gasteiger partial charge is 0.269 e. The van der Waals surface area contributed by atoms with Gasteiger partial charge >= 0.3 is 0 Å². The number of nitrogens with zero attached hydrogens (tertiary/aromatic N) is 1. The number of nitro groups is 1. The predicted molar refractivity (Wildman–Crippen MR) is 84.2 cm³/mol. The highest BCUT2D eigenvalue weighted by molar-refractivity contribution is 6.02. The third-order valence-electron chi connectivity index (χ3n) is 4.41. The van der Waals surface area contributed by atoms with Crippen LogP contribution in [0.15, 0.2) is 54.6 Å². The Labute approximate surface area is 133 Å². The van der Waals surface area contributed by atoms with Crippen LogP contribution in [0.3, 0.4) is 0 Å². The van der Waals surface area contributed by atoms with E-state index in [1.807, 2.05) is 6.07 Å². The van der Waals surface area contributed by atoms with Crippen LogP contribution in [-0.4, -0.2) is 17.0 Å². The van der Waals surface area contributed by atoms with Gasteiger partial charge in [-0.25, -0.2) is 0 Å². The predicted octanol–water partition coefficient (Wildman–Crippen LogP) is 3.23. The Hall–Kier alpha value is -2.82. The Morgan fingerprint density at radius 3 is 2.39 bits per heavy atom. The monoisotopic (exact) mass is 309 g/mol. The minimum Gasteiger partial charge on any atom is -0.303 e. The summed E-state index contributed by atoms with van der Waals surface area (Å²) in [6, 6.07) is 15.1. The largest absolute Gasteiger partial charge is 0.303 e. The van der Waals surface area contributed by atoms with Gasteiger partial charge in [-0.2, -0.15) is 0 Å². The second kappa shape index (κ2) is 5.76. The first-order valence-corrected chi connectivity index (χ1v) is 7.35. The van der Waals surface area contributed by atoms with Crippen molar-refractivity contribution in [2.45, 2.75) is 12.8 Å². The van der Waals surface area contributed by atoms with Gasteiger partial charge in [0.2, 0.25) is 0 Å². The fourth-order valence-corrected chi connectivity index (χ4v) is 2.96. The molecule has 0 radical (unpaired) electrons. The molecular formula is C18H15NO4. The third-order valence-corrected chi connectivity index (χ3v) is 4.41. The van der Waals surface area contributed by atoms with Crippen LogP contribution in [0.1, 0.15) is 22.3 Å². The fraction of sp³-hybridized carbons (Fsp3) is 0.222. The lowest BCUT2D eigenvalue weighted by Gasteiger charge is -2.10. The highest BCUT2D eigenvalue weighted by atomic mass is 16.6. The summed E-state index contributed by atoms with van der Waals surface area (Å²) in [6.07, 6.45) is 1.82. The quantitative estimate of drug-likeness (QED) is 0.355. The molecule has 0 saturated heterocycles. The molecule has 0 aliphatic heterocycles. The molecule has 3 rings (SSSR count). The number of carbonyl (C=O) groups is 2. The van der Waals surface area contributed by atoms with Gasteiger partial charge in [0.15, 0.2) is 5.78 Å². The number of carbonyl (C=O) groups excluding carboxylic acids is 2. The van der Waals surface area contributed by atoms with Gasteiger partial charge in [0.25, 0.3) is 5.69 Å². The lowest BCUT2D eigenvalue weighted by molar-refractivity contribution is -0.384. The molecule has 5 heteroatoms. The molecule has 23 heavy (non-hydrogen) atoms. The first-order valence-electron chi connectivity index (χ1n) is 7.35. The summed E-state index contributed by atoms with van der Waals surface area (Å²) in [4.78, 5) is 34.2. The molecule has 2 aromatic rings. The average molecular weight is 309 g/mol. The fourth-order valence-electron chi connectivity index (χ4n) is 2.96. The number of hydrogen-bond donors (Lipinski definition) is 0. The van der Waals surface area contributed by atoms with Crippen molar-refractivity contribution in [1.29, 1.82) is 0 Å². The number of ketones is 1. The molecule has 5 nitrogen and oxygen atoms in total. The molecule has 1 aliphatic carbocycles. The van der Waals surface area contributed by atoms with E-state index >= 15 is 0 Å². The maximum Gasteiger partial charge on any atom is 0.269 e. The van der Waals surface area contributed by atoms with Gasteiger partial charge in [-0.1, -0.05) is 42.5 Å². The molecule has 0 amide bonds. The van der Waals surface area contributed by atoms with E-state index in [1.165, 1.54) is 12.1 Å². The van der Waals surface area contributed by atoms with Gasteiger partial charge in [0, 0.05) is 29.0 Å². The van der Waals surface area contributed by atoms with Gasteiger partial charge in [0.05, 0.1) is 4.92 Å². The Morgan fingerprint density at radius 1 is 1.17 bits per heavy atom. The second-order valence-electron chi connectivity index (χ2n) is 5.94. The van der Waals surface area contributed by atoms with Gasteiger partial charge in [-0.3, -0.25) is 14.9 Å². The van der Waals surface area contributed by atoms with E-state index in [0.717, 1.165) is 11.8 Å². The van der Waals surface area contributed by atoms with Crippen LogP contribution in [-0.2, 0) is 11.2 Å². The molecule has 0 bridgehead atoms. The SMILES string of the molecule is O=CC1(Cc2ccc([N+](=O)[O-])cc2)CC1C(=O)c1ccccc1. The van der Waals surface area contributed by atoms with Gasteiger partial charge in [-0.15, -0.1) is 0 Å². The van der Waals surface area contributed by atoms with E-state index < -0.39 is 10.3 Å². The first-order chi connectivity index (χ1) is 11.1. The molecular weight excluding hydrogens is 294 g/mol. The van der Waals surface area contributed by atoms with Crippen LogP contribution >= 0.6 is 0 Å². The number of Topliss-reactive ketones (excluding diaryl/α,β-unsaturated/α-hetero) is 1. The lowest BCUT2D eigenvalue weighted by atomic mass is 9.92. The third kappa shape index (κ3) is 2.90. The Bertz CT molecular complexity index is 754. The molecule has 0 N–H and O–H groups in total. The molecule has 0 aromatic heterocycles. The van der Waals surface area contributed by atoms with E-state index in [1.54, 1.807) is 36.4 Å². The van der Waals surface area contributed by atoms with Crippen molar-refractivity contribution < 1.29 is 14.5 Å². The van der Waals surface area contributed by atoms with Crippen molar-refractivity contribution in [2.75, 3.05) is 0 Å². The number of nitro benzene ring substituents is 1. The van der Waals surface area contributed by atoms with E-state index in [9.17, 15) is 19.7 Å². The minimum absolute atomic E-state index is 0.0142. The van der Waals surface area contributed by atoms with E-state index in [-0.39, 0.29) is 17.4 Å². The van der Waals surface area contributed by atoms with Crippen LogP contribution < -0.4 is 0 Å². The Morgan fingerprint density at radius 2 is 1.83 bits per heavy atom. The molecule has 2 aromatic carbocycles. The topological polar surface area (TPSA) is 77.3 Å². The van der Waals surface area contributed by atoms with Gasteiger partial charge in [-0.05, 0) is 18.4 Å². The summed E-state index contributed by atoms with van der Waals surface area (Å²) in [6.45, 7) is 0. The summed E-state index contributed by atoms with van der Waals surface area (Å²) in [7, 11) is 0. The number of non-ortho nitro benzene ring substituents is 1. The molecule has 1 saturated carbocycles. The summed E-state index contributed by atoms with van der Waals surface area (Å²) in [5.74, 6) is -0.322. The highest BCUT2D eigenvalue weighted by Gasteiger charge is 2.57. The molecule has 116 valence electrons. The van der Waals surface area contributed by atoms with Crippen molar-refractivity contribution >= 4 is 17.8 Å².